The van der Waals surface area contributed by atoms with Gasteiger partial charge in [-0.2, -0.15) is 0 Å². The molecule has 1 aliphatic rings. The Labute approximate surface area is 133 Å². The molecule has 4 heteroatoms. The molecule has 2 aromatic carbocycles. The predicted molar refractivity (Wildman–Crippen MR) is 95.1 cm³/mol. The first-order chi connectivity index (χ1) is 10.3. The van der Waals surface area contributed by atoms with E-state index >= 15 is 0 Å². The molecule has 0 fully saturated rings. The maximum absolute atomic E-state index is 9.62. The molecule has 1 aliphatic heterocycles. The van der Waals surface area contributed by atoms with Crippen molar-refractivity contribution in [2.24, 2.45) is 0 Å². The Morgan fingerprint density at radius 3 is 1.86 bits per heavy atom. The van der Waals surface area contributed by atoms with Crippen LogP contribution in [-0.4, -0.2) is 24.4 Å². The van der Waals surface area contributed by atoms with E-state index in [1.54, 1.807) is 0 Å². The lowest BCUT2D eigenvalue weighted by molar-refractivity contribution is 0.425. The van der Waals surface area contributed by atoms with Crippen molar-refractivity contribution in [1.29, 1.82) is 0 Å². The summed E-state index contributed by atoms with van der Waals surface area (Å²) in [6.45, 7) is 12.8. The first-order valence-electron chi connectivity index (χ1n) is 7.71. The number of fused-ring (bicyclic) bond motifs is 3. The van der Waals surface area contributed by atoms with E-state index < -0.39 is 7.12 Å². The number of benzene rings is 2. The fourth-order valence-corrected chi connectivity index (χ4v) is 3.74. The van der Waals surface area contributed by atoms with Gasteiger partial charge in [-0.15, -0.1) is 0 Å². The maximum atomic E-state index is 9.62. The summed E-state index contributed by atoms with van der Waals surface area (Å²) < 4.78 is 0. The van der Waals surface area contributed by atoms with E-state index in [1.165, 1.54) is 38.8 Å². The highest BCUT2D eigenvalue weighted by Gasteiger charge is 2.30. The summed E-state index contributed by atoms with van der Waals surface area (Å²) in [4.78, 5) is 0. The largest absolute Gasteiger partial charge is 0.488 e. The molecule has 0 aliphatic carbocycles. The van der Waals surface area contributed by atoms with Crippen molar-refractivity contribution in [3.63, 3.8) is 0 Å². The first kappa shape index (κ1) is 15.4. The molecule has 2 N–H and O–H groups in total. The van der Waals surface area contributed by atoms with Gasteiger partial charge in [-0.3, -0.25) is 0 Å². The van der Waals surface area contributed by atoms with Crippen molar-refractivity contribution in [2.75, 3.05) is 0 Å². The van der Waals surface area contributed by atoms with Gasteiger partial charge in [0.15, 0.2) is 7.28 Å². The SMILES string of the molecule is Cc1cc(B(O)O)c(C)c2c1-c1c(C)c(C)c(C)c(C)c1[B]2. The monoisotopic (exact) mass is 291 g/mol. The summed E-state index contributed by atoms with van der Waals surface area (Å²) in [5.41, 5.74) is 13.0. The molecule has 3 rings (SSSR count). The van der Waals surface area contributed by atoms with Gasteiger partial charge >= 0.3 is 7.12 Å². The van der Waals surface area contributed by atoms with Crippen molar-refractivity contribution in [3.05, 3.63) is 39.4 Å². The Kier molecular flexibility index (Phi) is 3.50. The molecule has 111 valence electrons. The van der Waals surface area contributed by atoms with E-state index in [4.69, 9.17) is 0 Å². The highest BCUT2D eigenvalue weighted by atomic mass is 16.4. The van der Waals surface area contributed by atoms with Gasteiger partial charge in [-0.25, -0.2) is 0 Å². The molecule has 1 heterocycles. The van der Waals surface area contributed by atoms with E-state index in [2.05, 4.69) is 41.9 Å². The van der Waals surface area contributed by atoms with Crippen LogP contribution in [0.15, 0.2) is 6.07 Å². The van der Waals surface area contributed by atoms with Crippen LogP contribution in [0.4, 0.5) is 0 Å². The summed E-state index contributed by atoms with van der Waals surface area (Å²) in [5.74, 6) is 0. The summed E-state index contributed by atoms with van der Waals surface area (Å²) in [6, 6.07) is 1.91. The smallest absolute Gasteiger partial charge is 0.423 e. The van der Waals surface area contributed by atoms with Crippen LogP contribution in [0.2, 0.25) is 0 Å². The zero-order valence-corrected chi connectivity index (χ0v) is 14.1. The molecule has 1 radical (unpaired) electrons. The molecule has 2 nitrogen and oxygen atoms in total. The molecular formula is C18H21B2O2. The standard InChI is InChI=1S/C18H21B2O2/c1-8-7-14(20(21)22)13(6)18-15(8)16-11(4)9(2)10(3)12(5)17(16)19-18/h7,21-22H,1-6H3. The lowest BCUT2D eigenvalue weighted by atomic mass is 9.61. The van der Waals surface area contributed by atoms with E-state index in [0.717, 1.165) is 16.6 Å². The van der Waals surface area contributed by atoms with Crippen LogP contribution in [0, 0.1) is 41.5 Å². The summed E-state index contributed by atoms with van der Waals surface area (Å²) in [5, 5.41) is 19.2. The number of hydrogen-bond donors (Lipinski definition) is 2. The molecule has 0 atom stereocenters. The Bertz CT molecular complexity index is 808. The van der Waals surface area contributed by atoms with Crippen LogP contribution < -0.4 is 16.4 Å². The molecule has 2 aromatic rings. The third-order valence-electron chi connectivity index (χ3n) is 5.43. The fraction of sp³-hybridized carbons (Fsp3) is 0.333. The highest BCUT2D eigenvalue weighted by Crippen LogP contribution is 2.32. The zero-order chi connectivity index (χ0) is 16.3. The van der Waals surface area contributed by atoms with Crippen molar-refractivity contribution in [1.82, 2.24) is 0 Å². The number of hydrogen-bond acceptors (Lipinski definition) is 2. The average molecular weight is 291 g/mol. The van der Waals surface area contributed by atoms with Crippen molar-refractivity contribution >= 4 is 30.8 Å². The molecule has 0 saturated carbocycles. The lowest BCUT2D eigenvalue weighted by Gasteiger charge is -2.18. The van der Waals surface area contributed by atoms with Gasteiger partial charge in [-0.1, -0.05) is 28.1 Å². The van der Waals surface area contributed by atoms with E-state index in [0.29, 0.717) is 5.46 Å². The molecular weight excluding hydrogens is 270 g/mol. The third kappa shape index (κ3) is 1.90. The van der Waals surface area contributed by atoms with E-state index in [-0.39, 0.29) is 0 Å². The molecule has 0 amide bonds. The van der Waals surface area contributed by atoms with Gasteiger partial charge in [0.1, 0.15) is 0 Å². The topological polar surface area (TPSA) is 40.5 Å². The maximum Gasteiger partial charge on any atom is 0.488 e. The van der Waals surface area contributed by atoms with Crippen LogP contribution in [0.25, 0.3) is 11.1 Å². The minimum atomic E-state index is -1.42. The van der Waals surface area contributed by atoms with Gasteiger partial charge in [0.05, 0.1) is 0 Å². The molecule has 22 heavy (non-hydrogen) atoms. The van der Waals surface area contributed by atoms with Gasteiger partial charge in [0.25, 0.3) is 0 Å². The first-order valence-corrected chi connectivity index (χ1v) is 7.71. The minimum Gasteiger partial charge on any atom is -0.423 e. The molecule has 0 spiro atoms. The number of rotatable bonds is 1. The van der Waals surface area contributed by atoms with E-state index in [1.807, 2.05) is 13.0 Å². The number of aryl methyl sites for hydroxylation is 1. The van der Waals surface area contributed by atoms with Crippen LogP contribution >= 0.6 is 0 Å². The van der Waals surface area contributed by atoms with Gasteiger partial charge in [0.2, 0.25) is 0 Å². The Morgan fingerprint density at radius 2 is 1.27 bits per heavy atom. The molecule has 0 aromatic heterocycles. The van der Waals surface area contributed by atoms with Crippen LogP contribution in [0.5, 0.6) is 0 Å². The fourth-order valence-electron chi connectivity index (χ4n) is 3.74. The minimum absolute atomic E-state index is 0.601. The quantitative estimate of drug-likeness (QED) is 0.653. The van der Waals surface area contributed by atoms with E-state index in [9.17, 15) is 10.0 Å². The summed E-state index contributed by atoms with van der Waals surface area (Å²) in [6.07, 6.45) is 0. The van der Waals surface area contributed by atoms with Crippen LogP contribution in [0.1, 0.15) is 33.4 Å². The van der Waals surface area contributed by atoms with Gasteiger partial charge < -0.3 is 10.0 Å². The van der Waals surface area contributed by atoms with Crippen molar-refractivity contribution in [2.45, 2.75) is 41.5 Å². The van der Waals surface area contributed by atoms with Crippen molar-refractivity contribution in [3.8, 4) is 11.1 Å². The molecule has 0 unspecified atom stereocenters. The summed E-state index contributed by atoms with van der Waals surface area (Å²) >= 11 is 0. The summed E-state index contributed by atoms with van der Waals surface area (Å²) in [7, 11) is 0.792. The Balaban J connectivity index is 2.40. The van der Waals surface area contributed by atoms with Gasteiger partial charge in [0, 0.05) is 0 Å². The van der Waals surface area contributed by atoms with Crippen LogP contribution in [0.3, 0.4) is 0 Å². The van der Waals surface area contributed by atoms with Gasteiger partial charge in [-0.05, 0) is 80.4 Å². The normalized spacial score (nSPS) is 12.0. The Morgan fingerprint density at radius 1 is 0.727 bits per heavy atom. The average Bonchev–Trinajstić information content (AvgIpc) is 2.87. The van der Waals surface area contributed by atoms with Crippen LogP contribution in [-0.2, 0) is 0 Å². The molecule has 0 saturated heterocycles. The second kappa shape index (κ2) is 5.00. The molecule has 0 bridgehead atoms. The zero-order valence-electron chi connectivity index (χ0n) is 14.1. The lowest BCUT2D eigenvalue weighted by Crippen LogP contribution is -2.38. The highest BCUT2D eigenvalue weighted by molar-refractivity contribution is 6.75. The third-order valence-corrected chi connectivity index (χ3v) is 5.43. The second-order valence-corrected chi connectivity index (χ2v) is 6.50. The van der Waals surface area contributed by atoms with Crippen molar-refractivity contribution < 1.29 is 10.0 Å². The predicted octanol–water partition coefficient (Wildman–Crippen LogP) is 0.852. The Hall–Kier alpha value is -1.51. The second-order valence-electron chi connectivity index (χ2n) is 6.50.